The number of ether oxygens (including phenoxy) is 2. The fourth-order valence-electron chi connectivity index (χ4n) is 2.93. The number of likely N-dealkylation sites (N-methyl/N-ethyl adjacent to an activating group) is 1. The van der Waals surface area contributed by atoms with Crippen molar-refractivity contribution >= 4 is 5.91 Å². The van der Waals surface area contributed by atoms with Crippen molar-refractivity contribution < 1.29 is 14.3 Å². The lowest BCUT2D eigenvalue weighted by atomic mass is 10.2. The van der Waals surface area contributed by atoms with Gasteiger partial charge >= 0.3 is 0 Å². The highest BCUT2D eigenvalue weighted by atomic mass is 16.5. The average Bonchev–Trinajstić information content (AvgIpc) is 2.47. The number of amides is 1. The summed E-state index contributed by atoms with van der Waals surface area (Å²) in [7, 11) is 4.10. The predicted octanol–water partition coefficient (Wildman–Crippen LogP) is -0.114. The molecule has 2 atom stereocenters. The van der Waals surface area contributed by atoms with Crippen LogP contribution in [0.3, 0.4) is 0 Å². The maximum Gasteiger partial charge on any atom is 0.236 e. The molecule has 0 bridgehead atoms. The molecule has 0 aromatic rings. The van der Waals surface area contributed by atoms with E-state index in [0.717, 1.165) is 39.1 Å². The fourth-order valence-corrected chi connectivity index (χ4v) is 2.93. The summed E-state index contributed by atoms with van der Waals surface area (Å²) in [4.78, 5) is 18.7. The van der Waals surface area contributed by atoms with Gasteiger partial charge in [-0.2, -0.15) is 0 Å². The Morgan fingerprint density at radius 2 is 1.86 bits per heavy atom. The number of rotatable bonds is 5. The third-order valence-corrected chi connectivity index (χ3v) is 4.10. The molecule has 1 amide bonds. The van der Waals surface area contributed by atoms with Gasteiger partial charge < -0.3 is 19.3 Å². The molecular formula is C15H29N3O3. The zero-order chi connectivity index (χ0) is 15.2. The molecule has 0 saturated carbocycles. The lowest BCUT2D eigenvalue weighted by Crippen LogP contribution is -2.52. The molecule has 0 aliphatic carbocycles. The van der Waals surface area contributed by atoms with Crippen molar-refractivity contribution in [3.8, 4) is 0 Å². The van der Waals surface area contributed by atoms with Gasteiger partial charge in [0.25, 0.3) is 0 Å². The second-order valence-corrected chi connectivity index (χ2v) is 6.23. The summed E-state index contributed by atoms with van der Waals surface area (Å²) >= 11 is 0. The van der Waals surface area contributed by atoms with E-state index in [1.54, 1.807) is 0 Å². The number of carbonyl (C=O) groups is 1. The van der Waals surface area contributed by atoms with E-state index in [4.69, 9.17) is 9.47 Å². The molecule has 2 aliphatic heterocycles. The normalized spacial score (nSPS) is 28.1. The van der Waals surface area contributed by atoms with Crippen LogP contribution in [0.1, 0.15) is 13.3 Å². The monoisotopic (exact) mass is 299 g/mol. The Kier molecular flexibility index (Phi) is 6.41. The summed E-state index contributed by atoms with van der Waals surface area (Å²) in [6, 6.07) is 0. The van der Waals surface area contributed by atoms with Crippen LogP contribution in [-0.2, 0) is 14.3 Å². The molecule has 2 heterocycles. The third kappa shape index (κ3) is 5.21. The van der Waals surface area contributed by atoms with Gasteiger partial charge in [-0.15, -0.1) is 0 Å². The average molecular weight is 299 g/mol. The van der Waals surface area contributed by atoms with E-state index in [-0.39, 0.29) is 18.1 Å². The van der Waals surface area contributed by atoms with Gasteiger partial charge in [0.15, 0.2) is 0 Å². The smallest absolute Gasteiger partial charge is 0.236 e. The second-order valence-electron chi connectivity index (χ2n) is 6.23. The maximum atomic E-state index is 12.4. The molecule has 2 fully saturated rings. The van der Waals surface area contributed by atoms with E-state index >= 15 is 0 Å². The van der Waals surface area contributed by atoms with E-state index in [1.807, 2.05) is 19.0 Å². The second kappa shape index (κ2) is 8.08. The minimum Gasteiger partial charge on any atom is -0.375 e. The topological polar surface area (TPSA) is 45.2 Å². The zero-order valence-electron chi connectivity index (χ0n) is 13.6. The van der Waals surface area contributed by atoms with Crippen molar-refractivity contribution in [1.82, 2.24) is 14.7 Å². The first-order chi connectivity index (χ1) is 10.1. The summed E-state index contributed by atoms with van der Waals surface area (Å²) in [5.74, 6) is 0.224. The number of hydrogen-bond acceptors (Lipinski definition) is 5. The lowest BCUT2D eigenvalue weighted by Gasteiger charge is -2.37. The highest BCUT2D eigenvalue weighted by Gasteiger charge is 2.27. The van der Waals surface area contributed by atoms with Crippen LogP contribution in [0.2, 0.25) is 0 Å². The van der Waals surface area contributed by atoms with Crippen molar-refractivity contribution in [2.45, 2.75) is 25.6 Å². The Balaban J connectivity index is 1.78. The lowest BCUT2D eigenvalue weighted by molar-refractivity contribution is -0.142. The van der Waals surface area contributed by atoms with Crippen LogP contribution in [0.15, 0.2) is 0 Å². The van der Waals surface area contributed by atoms with Crippen LogP contribution in [0.4, 0.5) is 0 Å². The molecule has 0 spiro atoms. The molecule has 2 aliphatic rings. The highest BCUT2D eigenvalue weighted by Crippen LogP contribution is 2.11. The van der Waals surface area contributed by atoms with Crippen LogP contribution in [0.5, 0.6) is 0 Å². The van der Waals surface area contributed by atoms with Crippen molar-refractivity contribution in [3.63, 3.8) is 0 Å². The number of hydrogen-bond donors (Lipinski definition) is 0. The zero-order valence-corrected chi connectivity index (χ0v) is 13.6. The van der Waals surface area contributed by atoms with Crippen LogP contribution < -0.4 is 0 Å². The summed E-state index contributed by atoms with van der Waals surface area (Å²) in [6.07, 6.45) is 1.37. The Labute approximate surface area is 128 Å². The standard InChI is InChI=1S/C15H29N3O3/c1-4-13-11-18(6-8-20-13)15(19)12-17-5-7-21-14(10-17)9-16(2)3/h13-14H,4-12H2,1-3H3/t13-,14+/m1/s1. The Hall–Kier alpha value is -0.690. The van der Waals surface area contributed by atoms with Gasteiger partial charge in [0.2, 0.25) is 5.91 Å². The first-order valence-electron chi connectivity index (χ1n) is 7.96. The highest BCUT2D eigenvalue weighted by molar-refractivity contribution is 5.78. The predicted molar refractivity (Wildman–Crippen MR) is 81.3 cm³/mol. The minimum absolute atomic E-state index is 0.203. The first-order valence-corrected chi connectivity index (χ1v) is 7.96. The number of carbonyl (C=O) groups excluding carboxylic acids is 1. The van der Waals surface area contributed by atoms with Gasteiger partial charge in [-0.1, -0.05) is 6.92 Å². The maximum absolute atomic E-state index is 12.4. The summed E-state index contributed by atoms with van der Waals surface area (Å²) < 4.78 is 11.4. The van der Waals surface area contributed by atoms with Crippen molar-refractivity contribution in [3.05, 3.63) is 0 Å². The van der Waals surface area contributed by atoms with E-state index in [2.05, 4.69) is 16.7 Å². The van der Waals surface area contributed by atoms with Crippen molar-refractivity contribution in [2.75, 3.05) is 66.6 Å². The molecule has 2 saturated heterocycles. The van der Waals surface area contributed by atoms with Gasteiger partial charge in [-0.05, 0) is 20.5 Å². The number of nitrogens with zero attached hydrogens (tertiary/aromatic N) is 3. The van der Waals surface area contributed by atoms with Gasteiger partial charge in [0, 0.05) is 32.7 Å². The third-order valence-electron chi connectivity index (χ3n) is 4.10. The van der Waals surface area contributed by atoms with Gasteiger partial charge in [0.1, 0.15) is 0 Å². The van der Waals surface area contributed by atoms with E-state index in [1.165, 1.54) is 0 Å². The Morgan fingerprint density at radius 3 is 2.57 bits per heavy atom. The van der Waals surface area contributed by atoms with Crippen molar-refractivity contribution in [1.29, 1.82) is 0 Å². The minimum atomic E-state index is 0.203. The van der Waals surface area contributed by atoms with E-state index in [9.17, 15) is 4.79 Å². The fraction of sp³-hybridized carbons (Fsp3) is 0.933. The molecule has 0 aromatic heterocycles. The molecule has 21 heavy (non-hydrogen) atoms. The molecule has 0 unspecified atom stereocenters. The van der Waals surface area contributed by atoms with Crippen LogP contribution in [-0.4, -0.2) is 99.4 Å². The summed E-state index contributed by atoms with van der Waals surface area (Å²) in [6.45, 7) is 8.03. The Bertz CT molecular complexity index is 338. The molecule has 0 N–H and O–H groups in total. The van der Waals surface area contributed by atoms with E-state index < -0.39 is 0 Å². The Morgan fingerprint density at radius 1 is 1.14 bits per heavy atom. The van der Waals surface area contributed by atoms with Crippen molar-refractivity contribution in [2.24, 2.45) is 0 Å². The largest absolute Gasteiger partial charge is 0.375 e. The summed E-state index contributed by atoms with van der Waals surface area (Å²) in [5, 5.41) is 0. The molecule has 2 rings (SSSR count). The molecular weight excluding hydrogens is 270 g/mol. The van der Waals surface area contributed by atoms with Crippen LogP contribution >= 0.6 is 0 Å². The molecule has 0 aromatic carbocycles. The molecule has 6 heteroatoms. The first kappa shape index (κ1) is 16.7. The quantitative estimate of drug-likeness (QED) is 0.709. The summed E-state index contributed by atoms with van der Waals surface area (Å²) in [5.41, 5.74) is 0. The van der Waals surface area contributed by atoms with Gasteiger partial charge in [0.05, 0.1) is 32.0 Å². The molecule has 0 radical (unpaired) electrons. The SMILES string of the molecule is CC[C@@H]1CN(C(=O)CN2CCO[C@@H](CN(C)C)C2)CCO1. The molecule has 6 nitrogen and oxygen atoms in total. The van der Waals surface area contributed by atoms with E-state index in [0.29, 0.717) is 19.8 Å². The number of morpholine rings is 2. The molecule has 122 valence electrons. The van der Waals surface area contributed by atoms with Crippen LogP contribution in [0.25, 0.3) is 0 Å². The van der Waals surface area contributed by atoms with Crippen LogP contribution in [0, 0.1) is 0 Å². The van der Waals surface area contributed by atoms with Gasteiger partial charge in [-0.25, -0.2) is 0 Å². The van der Waals surface area contributed by atoms with Gasteiger partial charge in [-0.3, -0.25) is 9.69 Å².